The van der Waals surface area contributed by atoms with Crippen molar-refractivity contribution in [2.45, 2.75) is 0 Å². The molecule has 9 rings (SSSR count). The summed E-state index contributed by atoms with van der Waals surface area (Å²) in [7, 11) is 0. The van der Waals surface area contributed by atoms with Crippen molar-refractivity contribution in [3.05, 3.63) is 170 Å². The van der Waals surface area contributed by atoms with Crippen LogP contribution in [0.1, 0.15) is 0 Å². The van der Waals surface area contributed by atoms with Crippen molar-refractivity contribution in [3.63, 3.8) is 0 Å². The molecule has 0 spiro atoms. The van der Waals surface area contributed by atoms with Gasteiger partial charge in [-0.1, -0.05) is 146 Å². The van der Waals surface area contributed by atoms with Crippen LogP contribution in [0.3, 0.4) is 0 Å². The maximum atomic E-state index is 5.16. The van der Waals surface area contributed by atoms with Crippen LogP contribution >= 0.6 is 0 Å². The lowest BCUT2D eigenvalue weighted by Gasteiger charge is -2.13. The first-order valence-corrected chi connectivity index (χ1v) is 15.7. The zero-order valence-corrected chi connectivity index (χ0v) is 25.1. The lowest BCUT2D eigenvalue weighted by atomic mass is 9.94. The van der Waals surface area contributed by atoms with E-state index in [-0.39, 0.29) is 0 Å². The van der Waals surface area contributed by atoms with Gasteiger partial charge in [-0.3, -0.25) is 0 Å². The van der Waals surface area contributed by atoms with Gasteiger partial charge in [0.15, 0.2) is 5.82 Å². The average Bonchev–Trinajstić information content (AvgIpc) is 3.13. The van der Waals surface area contributed by atoms with Crippen molar-refractivity contribution >= 4 is 43.1 Å². The normalized spacial score (nSPS) is 11.5. The smallest absolute Gasteiger partial charge is 0.160 e. The molecule has 8 aromatic carbocycles. The average molecular weight is 585 g/mol. The van der Waals surface area contributed by atoms with Gasteiger partial charge in [0.2, 0.25) is 0 Å². The molecule has 0 radical (unpaired) electrons. The molecule has 1 heterocycles. The van der Waals surface area contributed by atoms with Crippen molar-refractivity contribution in [1.82, 2.24) is 9.97 Å². The summed E-state index contributed by atoms with van der Waals surface area (Å²) in [5.41, 5.74) is 7.35. The van der Waals surface area contributed by atoms with Gasteiger partial charge in [-0.2, -0.15) is 0 Å². The minimum Gasteiger partial charge on any atom is -0.228 e. The van der Waals surface area contributed by atoms with Crippen LogP contribution in [-0.4, -0.2) is 9.97 Å². The summed E-state index contributed by atoms with van der Waals surface area (Å²) in [6.45, 7) is 0. The number of fused-ring (bicyclic) bond motifs is 5. The van der Waals surface area contributed by atoms with E-state index in [0.717, 1.165) is 33.9 Å². The molecule has 0 bridgehead atoms. The predicted molar refractivity (Wildman–Crippen MR) is 194 cm³/mol. The summed E-state index contributed by atoms with van der Waals surface area (Å²) in [5, 5.41) is 9.89. The molecule has 0 saturated carbocycles. The maximum absolute atomic E-state index is 5.16. The standard InChI is InChI=1S/C44H28N2/c1-2-10-32(11-3-1)44-45-42(31-20-17-30(18-21-31)36-22-19-29-9-4-5-12-33(29)25-36)28-43(46-44)40-16-8-15-38-39(40)24-23-37-26-34-13-6-7-14-35(34)27-41(37)38/h1-28H. The number of rotatable bonds is 4. The van der Waals surface area contributed by atoms with E-state index in [2.05, 4.69) is 152 Å². The van der Waals surface area contributed by atoms with Crippen LogP contribution in [-0.2, 0) is 0 Å². The van der Waals surface area contributed by atoms with Crippen molar-refractivity contribution in [2.75, 3.05) is 0 Å². The highest BCUT2D eigenvalue weighted by atomic mass is 14.9. The van der Waals surface area contributed by atoms with Gasteiger partial charge < -0.3 is 0 Å². The molecule has 214 valence electrons. The van der Waals surface area contributed by atoms with E-state index in [1.807, 2.05) is 18.2 Å². The molecule has 0 amide bonds. The Bertz CT molecular complexity index is 2570. The van der Waals surface area contributed by atoms with Gasteiger partial charge in [-0.15, -0.1) is 0 Å². The number of hydrogen-bond donors (Lipinski definition) is 0. The van der Waals surface area contributed by atoms with E-state index in [4.69, 9.17) is 9.97 Å². The lowest BCUT2D eigenvalue weighted by Crippen LogP contribution is -1.96. The monoisotopic (exact) mass is 584 g/mol. The van der Waals surface area contributed by atoms with Crippen LogP contribution in [0.5, 0.6) is 0 Å². The van der Waals surface area contributed by atoms with Crippen molar-refractivity contribution in [1.29, 1.82) is 0 Å². The third-order valence-electron chi connectivity index (χ3n) is 9.04. The zero-order valence-electron chi connectivity index (χ0n) is 25.1. The molecule has 9 aromatic rings. The van der Waals surface area contributed by atoms with Gasteiger partial charge >= 0.3 is 0 Å². The van der Waals surface area contributed by atoms with Gasteiger partial charge in [0.1, 0.15) is 0 Å². The number of hydrogen-bond acceptors (Lipinski definition) is 2. The molecule has 0 aliphatic heterocycles. The van der Waals surface area contributed by atoms with Gasteiger partial charge in [0, 0.05) is 16.7 Å². The first kappa shape index (κ1) is 26.3. The predicted octanol–water partition coefficient (Wildman–Crippen LogP) is 11.8. The van der Waals surface area contributed by atoms with Crippen LogP contribution in [0.4, 0.5) is 0 Å². The minimum absolute atomic E-state index is 0.718. The molecule has 1 aromatic heterocycles. The molecule has 0 N–H and O–H groups in total. The van der Waals surface area contributed by atoms with E-state index < -0.39 is 0 Å². The Kier molecular flexibility index (Phi) is 6.17. The van der Waals surface area contributed by atoms with Gasteiger partial charge in [-0.25, -0.2) is 9.97 Å². The molecule has 0 aliphatic carbocycles. The summed E-state index contributed by atoms with van der Waals surface area (Å²) >= 11 is 0. The third kappa shape index (κ3) is 4.60. The number of benzene rings is 8. The van der Waals surface area contributed by atoms with E-state index in [1.165, 1.54) is 54.2 Å². The lowest BCUT2D eigenvalue weighted by molar-refractivity contribution is 1.18. The summed E-state index contributed by atoms with van der Waals surface area (Å²) < 4.78 is 0. The van der Waals surface area contributed by atoms with E-state index >= 15 is 0 Å². The minimum atomic E-state index is 0.718. The fraction of sp³-hybridized carbons (Fsp3) is 0. The highest BCUT2D eigenvalue weighted by molar-refractivity contribution is 6.15. The SMILES string of the molecule is c1ccc(-c2nc(-c3ccc(-c4ccc5ccccc5c4)cc3)cc(-c3cccc4c3ccc3cc5ccccc5cc34)n2)cc1. The Hall–Kier alpha value is -6.12. The Morgan fingerprint density at radius 3 is 1.72 bits per heavy atom. The molecule has 2 nitrogen and oxygen atoms in total. The Morgan fingerprint density at radius 2 is 0.913 bits per heavy atom. The van der Waals surface area contributed by atoms with Crippen LogP contribution < -0.4 is 0 Å². The molecular formula is C44H28N2. The Morgan fingerprint density at radius 1 is 0.283 bits per heavy atom. The zero-order chi connectivity index (χ0) is 30.5. The second-order valence-corrected chi connectivity index (χ2v) is 11.9. The second kappa shape index (κ2) is 10.8. The summed E-state index contributed by atoms with van der Waals surface area (Å²) in [6, 6.07) is 60.5. The van der Waals surface area contributed by atoms with Crippen LogP contribution in [0.2, 0.25) is 0 Å². The van der Waals surface area contributed by atoms with Gasteiger partial charge in [-0.05, 0) is 78.5 Å². The van der Waals surface area contributed by atoms with E-state index in [0.29, 0.717) is 0 Å². The fourth-order valence-corrected chi connectivity index (χ4v) is 6.66. The summed E-state index contributed by atoms with van der Waals surface area (Å²) in [6.07, 6.45) is 0. The topological polar surface area (TPSA) is 25.8 Å². The molecule has 0 unspecified atom stereocenters. The van der Waals surface area contributed by atoms with Crippen molar-refractivity contribution < 1.29 is 0 Å². The molecule has 46 heavy (non-hydrogen) atoms. The van der Waals surface area contributed by atoms with Crippen molar-refractivity contribution in [2.24, 2.45) is 0 Å². The molecule has 0 aliphatic rings. The van der Waals surface area contributed by atoms with Crippen LogP contribution in [0, 0.1) is 0 Å². The van der Waals surface area contributed by atoms with Crippen molar-refractivity contribution in [3.8, 4) is 45.0 Å². The quantitative estimate of drug-likeness (QED) is 0.152. The summed E-state index contributed by atoms with van der Waals surface area (Å²) in [5.74, 6) is 0.718. The first-order chi connectivity index (χ1) is 22.8. The number of nitrogens with zero attached hydrogens (tertiary/aromatic N) is 2. The molecule has 2 heteroatoms. The van der Waals surface area contributed by atoms with E-state index in [1.54, 1.807) is 0 Å². The highest BCUT2D eigenvalue weighted by Gasteiger charge is 2.14. The maximum Gasteiger partial charge on any atom is 0.160 e. The number of aromatic nitrogens is 2. The largest absolute Gasteiger partial charge is 0.228 e. The van der Waals surface area contributed by atoms with E-state index in [9.17, 15) is 0 Å². The van der Waals surface area contributed by atoms with Crippen LogP contribution in [0.25, 0.3) is 88.1 Å². The Balaban J connectivity index is 1.19. The molecule has 0 saturated heterocycles. The molecular weight excluding hydrogens is 556 g/mol. The Labute approximate surface area is 267 Å². The van der Waals surface area contributed by atoms with Crippen LogP contribution in [0.15, 0.2) is 170 Å². The van der Waals surface area contributed by atoms with Gasteiger partial charge in [0.05, 0.1) is 11.4 Å². The summed E-state index contributed by atoms with van der Waals surface area (Å²) in [4.78, 5) is 10.3. The molecule has 0 atom stereocenters. The first-order valence-electron chi connectivity index (χ1n) is 15.7. The second-order valence-electron chi connectivity index (χ2n) is 11.9. The molecule has 0 fully saturated rings. The fourth-order valence-electron chi connectivity index (χ4n) is 6.66. The van der Waals surface area contributed by atoms with Gasteiger partial charge in [0.25, 0.3) is 0 Å². The highest BCUT2D eigenvalue weighted by Crippen LogP contribution is 2.36. The third-order valence-corrected chi connectivity index (χ3v) is 9.04.